The van der Waals surface area contributed by atoms with E-state index < -0.39 is 11.9 Å². The Kier molecular flexibility index (Phi) is 14.0. The minimum atomic E-state index is -1.45. The molecule has 4 rings (SSSR count). The van der Waals surface area contributed by atoms with E-state index in [1.807, 2.05) is 13.8 Å². The summed E-state index contributed by atoms with van der Waals surface area (Å²) in [6.45, 7) is 4.86. The van der Waals surface area contributed by atoms with Gasteiger partial charge in [0.1, 0.15) is 23.0 Å². The molecular formula is C36H38Cl4O6. The molecule has 0 saturated heterocycles. The molecule has 4 aromatic rings. The van der Waals surface area contributed by atoms with E-state index in [1.165, 1.54) is 0 Å². The molecule has 0 fully saturated rings. The molecule has 0 amide bonds. The van der Waals surface area contributed by atoms with E-state index in [4.69, 9.17) is 74.8 Å². The van der Waals surface area contributed by atoms with E-state index in [1.54, 1.807) is 97.1 Å². The first kappa shape index (κ1) is 36.0. The number of ether oxygens (including phenoxy) is 6. The predicted molar refractivity (Wildman–Crippen MR) is 185 cm³/mol. The maximum atomic E-state index is 6.45. The van der Waals surface area contributed by atoms with E-state index in [0.717, 1.165) is 12.8 Å². The number of hydrogen-bond donors (Lipinski definition) is 0. The van der Waals surface area contributed by atoms with Gasteiger partial charge in [-0.25, -0.2) is 0 Å². The maximum absolute atomic E-state index is 6.45. The van der Waals surface area contributed by atoms with Gasteiger partial charge in [0.15, 0.2) is 0 Å². The SMILES string of the molecule is CCCOC(CCCCC(OCCC)(Oc1ccc(Cl)cc1)Oc1ccc(Cl)cc1)(Oc1ccc(Cl)cc1)Oc1ccc(Cl)cc1. The molecule has 0 aliphatic carbocycles. The molecule has 0 aliphatic rings. The minimum Gasteiger partial charge on any atom is -0.430 e. The molecule has 0 aromatic heterocycles. The lowest BCUT2D eigenvalue weighted by molar-refractivity contribution is -0.312. The number of unbranched alkanes of at least 4 members (excludes halogenated alkanes) is 1. The van der Waals surface area contributed by atoms with Crippen LogP contribution in [0.15, 0.2) is 97.1 Å². The highest BCUT2D eigenvalue weighted by atomic mass is 35.5. The van der Waals surface area contributed by atoms with E-state index in [0.29, 0.717) is 82.0 Å². The summed E-state index contributed by atoms with van der Waals surface area (Å²) in [7, 11) is 0. The van der Waals surface area contributed by atoms with Crippen LogP contribution < -0.4 is 18.9 Å². The van der Waals surface area contributed by atoms with Gasteiger partial charge in [0.25, 0.3) is 0 Å². The second-order valence-electron chi connectivity index (χ2n) is 10.5. The van der Waals surface area contributed by atoms with Crippen molar-refractivity contribution in [1.82, 2.24) is 0 Å². The molecule has 0 saturated carbocycles. The minimum absolute atomic E-state index is 0.365. The Hall–Kier alpha value is -2.84. The topological polar surface area (TPSA) is 55.4 Å². The molecule has 10 heteroatoms. The zero-order chi connectivity index (χ0) is 32.8. The summed E-state index contributed by atoms with van der Waals surface area (Å²) in [5, 5.41) is 2.37. The second kappa shape index (κ2) is 17.9. The zero-order valence-corrected chi connectivity index (χ0v) is 28.9. The van der Waals surface area contributed by atoms with Crippen molar-refractivity contribution in [2.75, 3.05) is 13.2 Å². The lowest BCUT2D eigenvalue weighted by Crippen LogP contribution is -2.47. The molecule has 46 heavy (non-hydrogen) atoms. The maximum Gasteiger partial charge on any atom is 0.371 e. The molecule has 0 unspecified atom stereocenters. The molecule has 246 valence electrons. The fourth-order valence-corrected chi connectivity index (χ4v) is 4.94. The molecule has 4 aromatic carbocycles. The molecule has 0 atom stereocenters. The van der Waals surface area contributed by atoms with Gasteiger partial charge in [0, 0.05) is 20.1 Å². The van der Waals surface area contributed by atoms with E-state index in [9.17, 15) is 0 Å². The molecule has 0 N–H and O–H groups in total. The first-order valence-electron chi connectivity index (χ1n) is 15.3. The van der Waals surface area contributed by atoms with Gasteiger partial charge in [-0.05, 0) is 123 Å². The van der Waals surface area contributed by atoms with Gasteiger partial charge >= 0.3 is 11.9 Å². The summed E-state index contributed by atoms with van der Waals surface area (Å²) < 4.78 is 38.5. The van der Waals surface area contributed by atoms with Crippen molar-refractivity contribution in [1.29, 1.82) is 0 Å². The van der Waals surface area contributed by atoms with Crippen molar-refractivity contribution in [2.24, 2.45) is 0 Å². The standard InChI is InChI=1S/C36H38Cl4O6/c1-3-25-41-35(43-31-15-7-27(37)8-16-31,44-32-17-9-28(38)10-18-32)23-5-6-24-36(42-26-4-2,45-33-19-11-29(39)12-20-33)46-34-21-13-30(40)14-22-34/h7-22H,3-6,23-26H2,1-2H3. The lowest BCUT2D eigenvalue weighted by atomic mass is 10.1. The third-order valence-corrected chi connectivity index (χ3v) is 7.62. The highest BCUT2D eigenvalue weighted by Gasteiger charge is 2.40. The van der Waals surface area contributed by atoms with Crippen LogP contribution in [0.5, 0.6) is 23.0 Å². The van der Waals surface area contributed by atoms with Crippen LogP contribution in [0.4, 0.5) is 0 Å². The summed E-state index contributed by atoms with van der Waals surface area (Å²) in [6, 6.07) is 28.3. The van der Waals surface area contributed by atoms with Crippen molar-refractivity contribution >= 4 is 46.4 Å². The molecule has 0 heterocycles. The van der Waals surface area contributed by atoms with Gasteiger partial charge in [-0.1, -0.05) is 60.3 Å². The molecule has 6 nitrogen and oxygen atoms in total. The number of hydrogen-bond acceptors (Lipinski definition) is 6. The van der Waals surface area contributed by atoms with Gasteiger partial charge in [0.05, 0.1) is 26.1 Å². The quantitative estimate of drug-likeness (QED) is 0.0714. The van der Waals surface area contributed by atoms with Gasteiger partial charge in [0.2, 0.25) is 0 Å². The summed E-state index contributed by atoms with van der Waals surface area (Å²) in [5.41, 5.74) is 0. The number of rotatable bonds is 19. The van der Waals surface area contributed by atoms with Crippen LogP contribution in [0.25, 0.3) is 0 Å². The summed E-state index contributed by atoms with van der Waals surface area (Å²) in [6.07, 6.45) is 3.43. The fraction of sp³-hybridized carbons (Fsp3) is 0.333. The number of halogens is 4. The normalized spacial score (nSPS) is 11.7. The Balaban J connectivity index is 1.59. The first-order chi connectivity index (χ1) is 22.2. The largest absolute Gasteiger partial charge is 0.430 e. The third kappa shape index (κ3) is 11.4. The predicted octanol–water partition coefficient (Wildman–Crippen LogP) is 11.6. The van der Waals surface area contributed by atoms with Crippen LogP contribution in [0, 0.1) is 0 Å². The summed E-state index contributed by atoms with van der Waals surface area (Å²) >= 11 is 24.6. The summed E-state index contributed by atoms with van der Waals surface area (Å²) in [4.78, 5) is 0. The van der Waals surface area contributed by atoms with E-state index >= 15 is 0 Å². The summed E-state index contributed by atoms with van der Waals surface area (Å²) in [5.74, 6) is -0.698. The molecule has 0 radical (unpaired) electrons. The van der Waals surface area contributed by atoms with Crippen molar-refractivity contribution in [3.05, 3.63) is 117 Å². The first-order valence-corrected chi connectivity index (χ1v) is 16.8. The van der Waals surface area contributed by atoms with Crippen LogP contribution in [0.3, 0.4) is 0 Å². The number of benzene rings is 4. The van der Waals surface area contributed by atoms with Crippen LogP contribution in [-0.4, -0.2) is 25.2 Å². The van der Waals surface area contributed by atoms with Crippen LogP contribution in [0.1, 0.15) is 52.4 Å². The van der Waals surface area contributed by atoms with Crippen LogP contribution >= 0.6 is 46.4 Å². The highest BCUT2D eigenvalue weighted by molar-refractivity contribution is 6.31. The van der Waals surface area contributed by atoms with Crippen molar-refractivity contribution in [3.63, 3.8) is 0 Å². The second-order valence-corrected chi connectivity index (χ2v) is 12.2. The molecule has 0 spiro atoms. The lowest BCUT2D eigenvalue weighted by Gasteiger charge is -2.35. The van der Waals surface area contributed by atoms with Gasteiger partial charge in [-0.3, -0.25) is 0 Å². The van der Waals surface area contributed by atoms with Crippen LogP contribution in [-0.2, 0) is 9.47 Å². The van der Waals surface area contributed by atoms with Gasteiger partial charge in [-0.2, -0.15) is 0 Å². The van der Waals surface area contributed by atoms with Crippen LogP contribution in [0.2, 0.25) is 20.1 Å². The van der Waals surface area contributed by atoms with Crippen molar-refractivity contribution in [2.45, 2.75) is 64.3 Å². The van der Waals surface area contributed by atoms with Crippen molar-refractivity contribution < 1.29 is 28.4 Å². The Morgan fingerprint density at radius 1 is 0.413 bits per heavy atom. The fourth-order valence-electron chi connectivity index (χ4n) is 4.43. The molecule has 0 aliphatic heterocycles. The Morgan fingerprint density at radius 3 is 0.870 bits per heavy atom. The average Bonchev–Trinajstić information content (AvgIpc) is 3.05. The van der Waals surface area contributed by atoms with Crippen molar-refractivity contribution in [3.8, 4) is 23.0 Å². The van der Waals surface area contributed by atoms with Gasteiger partial charge < -0.3 is 28.4 Å². The Labute approximate surface area is 291 Å². The van der Waals surface area contributed by atoms with E-state index in [-0.39, 0.29) is 0 Å². The highest BCUT2D eigenvalue weighted by Crippen LogP contribution is 2.34. The zero-order valence-electron chi connectivity index (χ0n) is 25.9. The van der Waals surface area contributed by atoms with Gasteiger partial charge in [-0.15, -0.1) is 0 Å². The third-order valence-electron chi connectivity index (χ3n) is 6.62. The smallest absolute Gasteiger partial charge is 0.371 e. The molecular weight excluding hydrogens is 670 g/mol. The van der Waals surface area contributed by atoms with E-state index in [2.05, 4.69) is 0 Å². The molecule has 0 bridgehead atoms. The average molecular weight is 709 g/mol. The monoisotopic (exact) mass is 706 g/mol. The Bertz CT molecular complexity index is 1240. The Morgan fingerprint density at radius 2 is 0.652 bits per heavy atom.